The van der Waals surface area contributed by atoms with Gasteiger partial charge in [0, 0.05) is 31.8 Å². The van der Waals surface area contributed by atoms with Crippen LogP contribution in [-0.2, 0) is 5.41 Å². The van der Waals surface area contributed by atoms with Crippen LogP contribution in [0.15, 0.2) is 132 Å². The predicted octanol–water partition coefficient (Wildman–Crippen LogP) is 10.5. The van der Waals surface area contributed by atoms with Crippen LogP contribution in [0.1, 0.15) is 25.0 Å². The molecule has 0 atom stereocenters. The van der Waals surface area contributed by atoms with E-state index in [9.17, 15) is 0 Å². The van der Waals surface area contributed by atoms with Crippen molar-refractivity contribution in [2.24, 2.45) is 0 Å². The van der Waals surface area contributed by atoms with Gasteiger partial charge in [-0.25, -0.2) is 4.98 Å². The number of benzene rings is 6. The Balaban J connectivity index is 1.37. The molecule has 0 saturated carbocycles. The lowest BCUT2D eigenvalue weighted by Gasteiger charge is -2.23. The Kier molecular flexibility index (Phi) is 5.66. The van der Waals surface area contributed by atoms with Gasteiger partial charge in [0.25, 0.3) is 0 Å². The van der Waals surface area contributed by atoms with Gasteiger partial charge in [0.15, 0.2) is 11.6 Å². The Morgan fingerprint density at radius 1 is 0.556 bits per heavy atom. The molecule has 6 aromatic carbocycles. The van der Waals surface area contributed by atoms with E-state index in [1.165, 1.54) is 38.4 Å². The van der Waals surface area contributed by atoms with Crippen molar-refractivity contribution in [1.82, 2.24) is 19.5 Å². The van der Waals surface area contributed by atoms with Crippen molar-refractivity contribution < 1.29 is 0 Å². The molecule has 0 spiro atoms. The Hall–Kier alpha value is -5.13. The second kappa shape index (κ2) is 9.68. The van der Waals surface area contributed by atoms with Crippen LogP contribution in [0.25, 0.3) is 72.4 Å². The highest BCUT2D eigenvalue weighted by Gasteiger charge is 2.38. The highest BCUT2D eigenvalue weighted by molar-refractivity contribution is 9.10. The number of nitrogens with zero attached hydrogens (tertiary/aromatic N) is 4. The summed E-state index contributed by atoms with van der Waals surface area (Å²) in [5, 5.41) is 4.91. The van der Waals surface area contributed by atoms with Crippen molar-refractivity contribution in [3.63, 3.8) is 0 Å². The summed E-state index contributed by atoms with van der Waals surface area (Å²) in [5.41, 5.74) is 9.14. The first-order valence-electron chi connectivity index (χ1n) is 15.2. The quantitative estimate of drug-likeness (QED) is 0.192. The van der Waals surface area contributed by atoms with E-state index >= 15 is 0 Å². The molecule has 0 N–H and O–H groups in total. The fourth-order valence-corrected chi connectivity index (χ4v) is 7.56. The molecule has 9 rings (SSSR count). The minimum atomic E-state index is -0.189. The molecule has 1 aliphatic carbocycles. The van der Waals surface area contributed by atoms with E-state index in [2.05, 4.69) is 101 Å². The van der Waals surface area contributed by atoms with Gasteiger partial charge in [0.05, 0.1) is 11.0 Å². The summed E-state index contributed by atoms with van der Waals surface area (Å²) in [7, 11) is 0. The van der Waals surface area contributed by atoms with Crippen LogP contribution >= 0.6 is 15.9 Å². The summed E-state index contributed by atoms with van der Waals surface area (Å²) in [6, 6.07) is 44.8. The molecule has 0 saturated heterocycles. The number of hydrogen-bond donors (Lipinski definition) is 0. The molecule has 0 unspecified atom stereocenters. The third kappa shape index (κ3) is 3.94. The third-order valence-corrected chi connectivity index (χ3v) is 9.76. The fourth-order valence-electron chi connectivity index (χ4n) is 7.19. The van der Waals surface area contributed by atoms with Crippen LogP contribution < -0.4 is 0 Å². The molecule has 0 aliphatic heterocycles. The van der Waals surface area contributed by atoms with Gasteiger partial charge in [0.1, 0.15) is 0 Å². The lowest BCUT2D eigenvalue weighted by atomic mass is 9.80. The molecule has 0 fully saturated rings. The minimum Gasteiger partial charge on any atom is -0.278 e. The first kappa shape index (κ1) is 26.3. The standard InChI is InChI=1S/C40H27BrN4/c1-40(2)33-23-35-32(22-30(33)29-19-17-24-11-9-10-16-28(24)36(29)40)31-21-27(41)18-20-34(31)45(35)39-43-37(25-12-5-3-6-13-25)42-38(44-39)26-14-7-4-8-15-26/h3-23H,1-2H3. The molecular formula is C40H27BrN4. The minimum absolute atomic E-state index is 0.189. The van der Waals surface area contributed by atoms with E-state index in [-0.39, 0.29) is 5.41 Å². The van der Waals surface area contributed by atoms with E-state index in [0.29, 0.717) is 17.6 Å². The number of rotatable bonds is 3. The van der Waals surface area contributed by atoms with E-state index in [0.717, 1.165) is 32.0 Å². The average Bonchev–Trinajstić information content (AvgIpc) is 3.52. The van der Waals surface area contributed by atoms with Gasteiger partial charge < -0.3 is 0 Å². The van der Waals surface area contributed by atoms with Gasteiger partial charge in [-0.3, -0.25) is 4.57 Å². The van der Waals surface area contributed by atoms with Gasteiger partial charge in [-0.15, -0.1) is 0 Å². The summed E-state index contributed by atoms with van der Waals surface area (Å²) in [6.45, 7) is 4.70. The fraction of sp³-hybridized carbons (Fsp3) is 0.0750. The molecule has 5 heteroatoms. The molecule has 1 aliphatic rings. The Labute approximate surface area is 269 Å². The van der Waals surface area contributed by atoms with Crippen molar-refractivity contribution in [2.45, 2.75) is 19.3 Å². The topological polar surface area (TPSA) is 43.6 Å². The molecule has 0 bridgehead atoms. The Morgan fingerprint density at radius 3 is 1.91 bits per heavy atom. The van der Waals surface area contributed by atoms with Gasteiger partial charge in [-0.05, 0) is 63.4 Å². The predicted molar refractivity (Wildman–Crippen MR) is 188 cm³/mol. The molecule has 2 heterocycles. The Bertz CT molecular complexity index is 2400. The van der Waals surface area contributed by atoms with Crippen molar-refractivity contribution in [1.29, 1.82) is 0 Å². The number of aromatic nitrogens is 4. The van der Waals surface area contributed by atoms with Gasteiger partial charge in [-0.2, -0.15) is 9.97 Å². The number of fused-ring (bicyclic) bond motifs is 8. The zero-order valence-corrected chi connectivity index (χ0v) is 26.4. The number of hydrogen-bond acceptors (Lipinski definition) is 3. The normalized spacial score (nSPS) is 13.4. The highest BCUT2D eigenvalue weighted by Crippen LogP contribution is 2.53. The van der Waals surface area contributed by atoms with Crippen molar-refractivity contribution in [2.75, 3.05) is 0 Å². The maximum atomic E-state index is 5.13. The van der Waals surface area contributed by atoms with E-state index in [1.54, 1.807) is 0 Å². The Morgan fingerprint density at radius 2 is 1.20 bits per heavy atom. The van der Waals surface area contributed by atoms with E-state index in [1.807, 2.05) is 60.7 Å². The van der Waals surface area contributed by atoms with Crippen LogP contribution in [0, 0.1) is 0 Å². The van der Waals surface area contributed by atoms with Crippen molar-refractivity contribution in [3.8, 4) is 39.9 Å². The molecule has 8 aromatic rings. The van der Waals surface area contributed by atoms with Gasteiger partial charge >= 0.3 is 0 Å². The monoisotopic (exact) mass is 642 g/mol. The SMILES string of the molecule is CC1(C)c2cc3c(cc2-c2ccc4ccccc4c21)c1cc(Br)ccc1n3-c1nc(-c2ccccc2)nc(-c2ccccc2)n1. The first-order chi connectivity index (χ1) is 22.0. The van der Waals surface area contributed by atoms with Crippen LogP contribution in [-0.4, -0.2) is 19.5 Å². The molecule has 214 valence electrons. The first-order valence-corrected chi connectivity index (χ1v) is 15.9. The van der Waals surface area contributed by atoms with Crippen LogP contribution in [0.2, 0.25) is 0 Å². The molecular weight excluding hydrogens is 616 g/mol. The van der Waals surface area contributed by atoms with Crippen LogP contribution in [0.5, 0.6) is 0 Å². The summed E-state index contributed by atoms with van der Waals surface area (Å²) in [4.78, 5) is 15.2. The van der Waals surface area contributed by atoms with Crippen molar-refractivity contribution >= 4 is 48.5 Å². The van der Waals surface area contributed by atoms with E-state index in [4.69, 9.17) is 15.0 Å². The van der Waals surface area contributed by atoms with Gasteiger partial charge in [0.2, 0.25) is 5.95 Å². The maximum Gasteiger partial charge on any atom is 0.238 e. The summed E-state index contributed by atoms with van der Waals surface area (Å²) >= 11 is 3.75. The molecule has 2 aromatic heterocycles. The summed E-state index contributed by atoms with van der Waals surface area (Å²) < 4.78 is 3.25. The molecule has 0 amide bonds. The molecule has 4 nitrogen and oxygen atoms in total. The second-order valence-corrected chi connectivity index (χ2v) is 13.2. The smallest absolute Gasteiger partial charge is 0.238 e. The lowest BCUT2D eigenvalue weighted by molar-refractivity contribution is 0.667. The van der Waals surface area contributed by atoms with Crippen LogP contribution in [0.3, 0.4) is 0 Å². The van der Waals surface area contributed by atoms with E-state index < -0.39 is 0 Å². The largest absolute Gasteiger partial charge is 0.278 e. The maximum absolute atomic E-state index is 5.13. The lowest BCUT2D eigenvalue weighted by Crippen LogP contribution is -2.15. The number of halogens is 1. The zero-order chi connectivity index (χ0) is 30.3. The van der Waals surface area contributed by atoms with Gasteiger partial charge in [-0.1, -0.05) is 127 Å². The highest BCUT2D eigenvalue weighted by atomic mass is 79.9. The summed E-state index contributed by atoms with van der Waals surface area (Å²) in [6.07, 6.45) is 0. The van der Waals surface area contributed by atoms with Crippen molar-refractivity contribution in [3.05, 3.63) is 143 Å². The van der Waals surface area contributed by atoms with Crippen LogP contribution in [0.4, 0.5) is 0 Å². The average molecular weight is 644 g/mol. The summed E-state index contributed by atoms with van der Waals surface area (Å²) in [5.74, 6) is 1.89. The molecule has 0 radical (unpaired) electrons. The third-order valence-electron chi connectivity index (χ3n) is 9.27. The zero-order valence-electron chi connectivity index (χ0n) is 24.8. The molecule has 45 heavy (non-hydrogen) atoms. The second-order valence-electron chi connectivity index (χ2n) is 12.3.